The number of benzene rings is 1. The highest BCUT2D eigenvalue weighted by molar-refractivity contribution is 7.96. The standard InChI is InChI=1S/C10H15NOS/c1-11(13-3)8-9-4-6-10(12-2)7-5-9/h4-7H,8H2,1-3H3. The van der Waals surface area contributed by atoms with Crippen LogP contribution >= 0.6 is 11.9 Å². The van der Waals surface area contributed by atoms with Gasteiger partial charge in [0.1, 0.15) is 5.75 Å². The van der Waals surface area contributed by atoms with Crippen molar-refractivity contribution in [3.63, 3.8) is 0 Å². The van der Waals surface area contributed by atoms with Gasteiger partial charge in [-0.05, 0) is 31.0 Å². The molecule has 72 valence electrons. The first-order valence-electron chi connectivity index (χ1n) is 4.14. The van der Waals surface area contributed by atoms with Crippen molar-refractivity contribution in [1.29, 1.82) is 0 Å². The monoisotopic (exact) mass is 197 g/mol. The van der Waals surface area contributed by atoms with Crippen LogP contribution in [0.1, 0.15) is 5.56 Å². The van der Waals surface area contributed by atoms with Crippen molar-refractivity contribution < 1.29 is 4.74 Å². The molecule has 0 fully saturated rings. The third-order valence-electron chi connectivity index (χ3n) is 1.88. The van der Waals surface area contributed by atoms with E-state index < -0.39 is 0 Å². The van der Waals surface area contributed by atoms with Gasteiger partial charge in [-0.3, -0.25) is 0 Å². The van der Waals surface area contributed by atoms with Gasteiger partial charge in [0.05, 0.1) is 7.11 Å². The molecule has 1 aromatic carbocycles. The van der Waals surface area contributed by atoms with Crippen LogP contribution < -0.4 is 4.74 Å². The largest absolute Gasteiger partial charge is 0.497 e. The smallest absolute Gasteiger partial charge is 0.118 e. The van der Waals surface area contributed by atoms with E-state index in [9.17, 15) is 0 Å². The van der Waals surface area contributed by atoms with Gasteiger partial charge < -0.3 is 4.74 Å². The molecule has 3 heteroatoms. The maximum absolute atomic E-state index is 5.08. The Morgan fingerprint density at radius 1 is 1.31 bits per heavy atom. The Labute approximate surface area is 84.0 Å². The molecule has 0 aliphatic carbocycles. The molecule has 0 aromatic heterocycles. The van der Waals surface area contributed by atoms with Crippen molar-refractivity contribution in [1.82, 2.24) is 4.31 Å². The van der Waals surface area contributed by atoms with E-state index in [2.05, 4.69) is 29.7 Å². The molecule has 0 aliphatic rings. The quantitative estimate of drug-likeness (QED) is 0.688. The molecular formula is C10H15NOS. The molecule has 0 saturated carbocycles. The summed E-state index contributed by atoms with van der Waals surface area (Å²) in [6.07, 6.45) is 2.07. The van der Waals surface area contributed by atoms with E-state index in [0.717, 1.165) is 12.3 Å². The first-order valence-corrected chi connectivity index (χ1v) is 5.32. The molecule has 0 unspecified atom stereocenters. The third kappa shape index (κ3) is 3.28. The lowest BCUT2D eigenvalue weighted by Gasteiger charge is -2.12. The summed E-state index contributed by atoms with van der Waals surface area (Å²) >= 11 is 1.73. The Kier molecular flexibility index (Phi) is 4.12. The molecule has 0 aliphatic heterocycles. The average molecular weight is 197 g/mol. The highest BCUT2D eigenvalue weighted by Crippen LogP contribution is 2.14. The number of rotatable bonds is 4. The van der Waals surface area contributed by atoms with E-state index in [4.69, 9.17) is 4.74 Å². The van der Waals surface area contributed by atoms with Crippen LogP contribution in [0.5, 0.6) is 5.75 Å². The Bertz CT molecular complexity index is 248. The second kappa shape index (κ2) is 5.14. The first-order chi connectivity index (χ1) is 6.26. The van der Waals surface area contributed by atoms with Crippen molar-refractivity contribution in [2.24, 2.45) is 0 Å². The van der Waals surface area contributed by atoms with Crippen LogP contribution in [0.4, 0.5) is 0 Å². The Morgan fingerprint density at radius 3 is 2.38 bits per heavy atom. The zero-order chi connectivity index (χ0) is 9.68. The minimum absolute atomic E-state index is 0.913. The summed E-state index contributed by atoms with van der Waals surface area (Å²) in [7, 11) is 3.76. The molecule has 0 spiro atoms. The molecule has 0 N–H and O–H groups in total. The van der Waals surface area contributed by atoms with Crippen molar-refractivity contribution in [2.75, 3.05) is 20.4 Å². The van der Waals surface area contributed by atoms with Gasteiger partial charge in [-0.15, -0.1) is 0 Å². The molecule has 0 radical (unpaired) electrons. The molecule has 1 aromatic rings. The Hall–Kier alpha value is -0.670. The zero-order valence-electron chi connectivity index (χ0n) is 8.28. The molecule has 0 heterocycles. The number of ether oxygens (including phenoxy) is 1. The Balaban J connectivity index is 2.58. The summed E-state index contributed by atoms with van der Waals surface area (Å²) < 4.78 is 7.26. The molecule has 0 saturated heterocycles. The van der Waals surface area contributed by atoms with E-state index >= 15 is 0 Å². The van der Waals surface area contributed by atoms with Gasteiger partial charge in [0.25, 0.3) is 0 Å². The zero-order valence-corrected chi connectivity index (χ0v) is 9.10. The summed E-state index contributed by atoms with van der Waals surface area (Å²) in [6, 6.07) is 8.16. The maximum atomic E-state index is 5.08. The first kappa shape index (κ1) is 10.4. The number of hydrogen-bond donors (Lipinski definition) is 0. The fourth-order valence-electron chi connectivity index (χ4n) is 1.05. The van der Waals surface area contributed by atoms with Gasteiger partial charge in [-0.1, -0.05) is 24.1 Å². The predicted octanol–water partition coefficient (Wildman–Crippen LogP) is 2.41. The summed E-state index contributed by atoms with van der Waals surface area (Å²) in [5, 5.41) is 0. The second-order valence-electron chi connectivity index (χ2n) is 2.82. The maximum Gasteiger partial charge on any atom is 0.118 e. The summed E-state index contributed by atoms with van der Waals surface area (Å²) in [5.74, 6) is 0.913. The summed E-state index contributed by atoms with van der Waals surface area (Å²) in [6.45, 7) is 0.963. The normalized spacial score (nSPS) is 10.5. The SMILES string of the molecule is COc1ccc(CN(C)SC)cc1. The van der Waals surface area contributed by atoms with E-state index in [1.54, 1.807) is 19.1 Å². The van der Waals surface area contributed by atoms with Gasteiger partial charge in [0.15, 0.2) is 0 Å². The average Bonchev–Trinajstić information content (AvgIpc) is 2.19. The lowest BCUT2D eigenvalue weighted by Crippen LogP contribution is -2.07. The fraction of sp³-hybridized carbons (Fsp3) is 0.400. The Morgan fingerprint density at radius 2 is 1.92 bits per heavy atom. The van der Waals surface area contributed by atoms with Crippen LogP contribution in [0.25, 0.3) is 0 Å². The molecule has 0 atom stereocenters. The van der Waals surface area contributed by atoms with Gasteiger partial charge in [0, 0.05) is 6.54 Å². The molecule has 13 heavy (non-hydrogen) atoms. The van der Waals surface area contributed by atoms with E-state index in [1.165, 1.54) is 5.56 Å². The molecule has 2 nitrogen and oxygen atoms in total. The molecular weight excluding hydrogens is 182 g/mol. The van der Waals surface area contributed by atoms with E-state index in [1.807, 2.05) is 12.1 Å². The van der Waals surface area contributed by atoms with Crippen molar-refractivity contribution in [3.05, 3.63) is 29.8 Å². The van der Waals surface area contributed by atoms with Crippen molar-refractivity contribution in [2.45, 2.75) is 6.54 Å². The van der Waals surface area contributed by atoms with Gasteiger partial charge in [0.2, 0.25) is 0 Å². The van der Waals surface area contributed by atoms with Crippen LogP contribution in [0.3, 0.4) is 0 Å². The molecule has 0 amide bonds. The van der Waals surface area contributed by atoms with Crippen molar-refractivity contribution in [3.8, 4) is 5.75 Å². The topological polar surface area (TPSA) is 12.5 Å². The lowest BCUT2D eigenvalue weighted by molar-refractivity contribution is 0.414. The van der Waals surface area contributed by atoms with Crippen LogP contribution in [0, 0.1) is 0 Å². The van der Waals surface area contributed by atoms with Gasteiger partial charge >= 0.3 is 0 Å². The van der Waals surface area contributed by atoms with Crippen LogP contribution in [-0.2, 0) is 6.54 Å². The summed E-state index contributed by atoms with van der Waals surface area (Å²) in [4.78, 5) is 0. The second-order valence-corrected chi connectivity index (χ2v) is 3.81. The van der Waals surface area contributed by atoms with E-state index in [0.29, 0.717) is 0 Å². The highest BCUT2D eigenvalue weighted by Gasteiger charge is 1.98. The third-order valence-corrected chi connectivity index (χ3v) is 2.63. The van der Waals surface area contributed by atoms with Crippen LogP contribution in [-0.4, -0.2) is 24.7 Å². The fourth-order valence-corrected chi connectivity index (χ4v) is 1.33. The predicted molar refractivity (Wildman–Crippen MR) is 58.0 cm³/mol. The van der Waals surface area contributed by atoms with E-state index in [-0.39, 0.29) is 0 Å². The molecule has 1 rings (SSSR count). The molecule has 0 bridgehead atoms. The summed E-state index contributed by atoms with van der Waals surface area (Å²) in [5.41, 5.74) is 1.30. The minimum Gasteiger partial charge on any atom is -0.497 e. The van der Waals surface area contributed by atoms with Gasteiger partial charge in [-0.25, -0.2) is 4.31 Å². The van der Waals surface area contributed by atoms with Crippen LogP contribution in [0.15, 0.2) is 24.3 Å². The number of methoxy groups -OCH3 is 1. The minimum atomic E-state index is 0.913. The lowest BCUT2D eigenvalue weighted by atomic mass is 10.2. The van der Waals surface area contributed by atoms with Gasteiger partial charge in [-0.2, -0.15) is 0 Å². The number of nitrogens with zero attached hydrogens (tertiary/aromatic N) is 1. The highest BCUT2D eigenvalue weighted by atomic mass is 32.2. The number of hydrogen-bond acceptors (Lipinski definition) is 3. The van der Waals surface area contributed by atoms with Crippen molar-refractivity contribution >= 4 is 11.9 Å². The van der Waals surface area contributed by atoms with Crippen LogP contribution in [0.2, 0.25) is 0 Å².